The third-order valence-corrected chi connectivity index (χ3v) is 2.56. The first kappa shape index (κ1) is 13.9. The van der Waals surface area contributed by atoms with E-state index in [0.29, 0.717) is 12.8 Å². The lowest BCUT2D eigenvalue weighted by atomic mass is 10.0. The maximum atomic E-state index is 10.4. The van der Waals surface area contributed by atoms with Gasteiger partial charge in [-0.3, -0.25) is 4.79 Å². The van der Waals surface area contributed by atoms with Crippen molar-refractivity contribution in [2.75, 3.05) is 7.11 Å². The summed E-state index contributed by atoms with van der Waals surface area (Å²) in [6, 6.07) is 6.87. The number of rotatable bonds is 7. The molecule has 0 aliphatic heterocycles. The van der Waals surface area contributed by atoms with Crippen LogP contribution < -0.4 is 4.74 Å². The molecule has 0 aliphatic rings. The van der Waals surface area contributed by atoms with Crippen LogP contribution in [-0.4, -0.2) is 18.2 Å². The highest BCUT2D eigenvalue weighted by Gasteiger charge is 2.10. The van der Waals surface area contributed by atoms with E-state index in [1.54, 1.807) is 19.2 Å². The highest BCUT2D eigenvalue weighted by atomic mass is 16.5. The van der Waals surface area contributed by atoms with Gasteiger partial charge in [-0.05, 0) is 36.1 Å². The van der Waals surface area contributed by atoms with Gasteiger partial charge in [0.2, 0.25) is 0 Å². The lowest BCUT2D eigenvalue weighted by Gasteiger charge is -2.11. The maximum absolute atomic E-state index is 10.4. The maximum Gasteiger partial charge on any atom is 0.303 e. The summed E-state index contributed by atoms with van der Waals surface area (Å²) in [5.74, 6) is -0.117. The number of carboxylic acid groups (broad SMARTS) is 1. The van der Waals surface area contributed by atoms with Crippen molar-refractivity contribution in [2.24, 2.45) is 5.11 Å². The van der Waals surface area contributed by atoms with Gasteiger partial charge in [0.05, 0.1) is 13.2 Å². The van der Waals surface area contributed by atoms with E-state index in [2.05, 4.69) is 10.0 Å². The van der Waals surface area contributed by atoms with Crippen LogP contribution in [0.5, 0.6) is 5.75 Å². The minimum Gasteiger partial charge on any atom is -0.497 e. The van der Waals surface area contributed by atoms with Crippen LogP contribution in [0.3, 0.4) is 0 Å². The molecule has 1 aromatic carbocycles. The second-order valence-corrected chi connectivity index (χ2v) is 3.78. The number of nitrogens with zero attached hydrogens (tertiary/aromatic N) is 3. The third kappa shape index (κ3) is 4.35. The molecular formula is C12H15N3O3. The zero-order chi connectivity index (χ0) is 13.4. The summed E-state index contributed by atoms with van der Waals surface area (Å²) in [4.78, 5) is 13.2. The van der Waals surface area contributed by atoms with Crippen molar-refractivity contribution < 1.29 is 14.6 Å². The molecule has 0 aromatic heterocycles. The molecule has 0 spiro atoms. The molecule has 0 heterocycles. The molecule has 18 heavy (non-hydrogen) atoms. The predicted octanol–water partition coefficient (Wildman–Crippen LogP) is 3.30. The van der Waals surface area contributed by atoms with Crippen LogP contribution in [0.25, 0.3) is 10.4 Å². The van der Waals surface area contributed by atoms with Gasteiger partial charge >= 0.3 is 5.97 Å². The molecule has 1 N–H and O–H groups in total. The minimum absolute atomic E-state index is 0.0770. The van der Waals surface area contributed by atoms with E-state index in [-0.39, 0.29) is 12.5 Å². The van der Waals surface area contributed by atoms with Crippen molar-refractivity contribution >= 4 is 5.97 Å². The van der Waals surface area contributed by atoms with Crippen molar-refractivity contribution in [3.63, 3.8) is 0 Å². The molecular weight excluding hydrogens is 234 g/mol. The Kier molecular flexibility index (Phi) is 5.54. The molecule has 96 valence electrons. The Morgan fingerprint density at radius 2 is 2.17 bits per heavy atom. The lowest BCUT2D eigenvalue weighted by molar-refractivity contribution is -0.137. The lowest BCUT2D eigenvalue weighted by Crippen LogP contribution is -1.99. The number of methoxy groups -OCH3 is 1. The first-order chi connectivity index (χ1) is 8.67. The zero-order valence-corrected chi connectivity index (χ0v) is 10.1. The fourth-order valence-electron chi connectivity index (χ4n) is 1.63. The molecule has 0 saturated carbocycles. The summed E-state index contributed by atoms with van der Waals surface area (Å²) in [6.45, 7) is 0. The molecule has 1 unspecified atom stereocenters. The van der Waals surface area contributed by atoms with Gasteiger partial charge in [0.15, 0.2) is 0 Å². The Labute approximate surface area is 105 Å². The Morgan fingerprint density at radius 3 is 2.67 bits per heavy atom. The number of hydrogen-bond donors (Lipinski definition) is 1. The Hall–Kier alpha value is -2.20. The van der Waals surface area contributed by atoms with E-state index >= 15 is 0 Å². The summed E-state index contributed by atoms with van der Waals surface area (Å²) >= 11 is 0. The van der Waals surface area contributed by atoms with Crippen LogP contribution >= 0.6 is 0 Å². The van der Waals surface area contributed by atoms with E-state index in [4.69, 9.17) is 15.4 Å². The minimum atomic E-state index is -0.843. The van der Waals surface area contributed by atoms with Crippen LogP contribution in [0, 0.1) is 0 Å². The van der Waals surface area contributed by atoms with Gasteiger partial charge in [-0.2, -0.15) is 0 Å². The number of carboxylic acids is 1. The molecule has 0 bridgehead atoms. The smallest absolute Gasteiger partial charge is 0.303 e. The summed E-state index contributed by atoms with van der Waals surface area (Å²) in [7, 11) is 1.58. The summed E-state index contributed by atoms with van der Waals surface area (Å²) in [5, 5.41) is 12.3. The molecule has 0 amide bonds. The molecule has 1 aromatic rings. The molecule has 0 saturated heterocycles. The fourth-order valence-corrected chi connectivity index (χ4v) is 1.63. The van der Waals surface area contributed by atoms with Crippen molar-refractivity contribution in [1.82, 2.24) is 0 Å². The molecule has 0 radical (unpaired) electrons. The summed E-state index contributed by atoms with van der Waals surface area (Å²) in [6.07, 6.45) is 1.07. The van der Waals surface area contributed by atoms with Crippen LogP contribution in [0.1, 0.15) is 30.9 Å². The van der Waals surface area contributed by atoms with Gasteiger partial charge in [0.1, 0.15) is 5.75 Å². The molecule has 1 rings (SSSR count). The number of benzene rings is 1. The van der Waals surface area contributed by atoms with E-state index < -0.39 is 5.97 Å². The number of ether oxygens (including phenoxy) is 1. The van der Waals surface area contributed by atoms with Crippen molar-refractivity contribution in [2.45, 2.75) is 25.3 Å². The van der Waals surface area contributed by atoms with Gasteiger partial charge in [0.25, 0.3) is 0 Å². The monoisotopic (exact) mass is 249 g/mol. The third-order valence-electron chi connectivity index (χ3n) is 2.56. The van der Waals surface area contributed by atoms with Crippen LogP contribution in [-0.2, 0) is 4.79 Å². The number of hydrogen-bond acceptors (Lipinski definition) is 3. The second kappa shape index (κ2) is 7.19. The normalized spacial score (nSPS) is 11.4. The van der Waals surface area contributed by atoms with E-state index in [1.807, 2.05) is 12.1 Å². The summed E-state index contributed by atoms with van der Waals surface area (Å²) < 4.78 is 5.04. The molecule has 1 atom stereocenters. The highest BCUT2D eigenvalue weighted by Crippen LogP contribution is 2.25. The van der Waals surface area contributed by atoms with Crippen molar-refractivity contribution in [3.05, 3.63) is 40.3 Å². The van der Waals surface area contributed by atoms with Crippen LogP contribution in [0.4, 0.5) is 0 Å². The molecule has 0 fully saturated rings. The number of aliphatic carboxylic acids is 1. The average molecular weight is 249 g/mol. The standard InChI is InChI=1S/C12H15N3O3/c1-18-10-7-5-9(6-8-10)11(14-15-13)3-2-4-12(16)17/h5-8,11H,2-4H2,1H3,(H,16,17). The van der Waals surface area contributed by atoms with Gasteiger partial charge in [-0.15, -0.1) is 0 Å². The molecule has 0 aliphatic carbocycles. The van der Waals surface area contributed by atoms with Gasteiger partial charge in [-0.25, -0.2) is 0 Å². The largest absolute Gasteiger partial charge is 0.497 e. The van der Waals surface area contributed by atoms with Crippen molar-refractivity contribution in [1.29, 1.82) is 0 Å². The predicted molar refractivity (Wildman–Crippen MR) is 66.4 cm³/mol. The topological polar surface area (TPSA) is 95.3 Å². The zero-order valence-electron chi connectivity index (χ0n) is 10.1. The van der Waals surface area contributed by atoms with E-state index in [9.17, 15) is 4.79 Å². The Morgan fingerprint density at radius 1 is 1.50 bits per heavy atom. The van der Waals surface area contributed by atoms with Crippen LogP contribution in [0.2, 0.25) is 0 Å². The Balaban J connectivity index is 2.70. The number of azide groups is 1. The summed E-state index contributed by atoms with van der Waals surface area (Å²) in [5.41, 5.74) is 9.38. The quantitative estimate of drug-likeness (QED) is 0.456. The molecule has 6 heteroatoms. The van der Waals surface area contributed by atoms with Gasteiger partial charge < -0.3 is 9.84 Å². The second-order valence-electron chi connectivity index (χ2n) is 3.78. The first-order valence-electron chi connectivity index (χ1n) is 5.57. The van der Waals surface area contributed by atoms with Crippen LogP contribution in [0.15, 0.2) is 29.4 Å². The van der Waals surface area contributed by atoms with E-state index in [0.717, 1.165) is 11.3 Å². The number of carbonyl (C=O) groups is 1. The Bertz CT molecular complexity index is 438. The highest BCUT2D eigenvalue weighted by molar-refractivity contribution is 5.66. The van der Waals surface area contributed by atoms with E-state index in [1.165, 1.54) is 0 Å². The van der Waals surface area contributed by atoms with Gasteiger partial charge in [0, 0.05) is 11.3 Å². The molecule has 6 nitrogen and oxygen atoms in total. The van der Waals surface area contributed by atoms with Gasteiger partial charge in [-0.1, -0.05) is 17.2 Å². The van der Waals surface area contributed by atoms with Crippen molar-refractivity contribution in [3.8, 4) is 5.75 Å². The first-order valence-corrected chi connectivity index (χ1v) is 5.57. The average Bonchev–Trinajstić information content (AvgIpc) is 2.37. The fraction of sp³-hybridized carbons (Fsp3) is 0.417. The SMILES string of the molecule is COc1ccc(C(CCCC(=O)O)N=[N+]=[N-])cc1.